The first-order valence-electron chi connectivity index (χ1n) is 8.26. The molecule has 7 nitrogen and oxygen atoms in total. The zero-order valence-electron chi connectivity index (χ0n) is 14.6. The second-order valence-electron chi connectivity index (χ2n) is 5.67. The van der Waals surface area contributed by atoms with Crippen LogP contribution in [0.3, 0.4) is 0 Å². The summed E-state index contributed by atoms with van der Waals surface area (Å²) < 4.78 is 12.4. The molecule has 1 amide bonds. The van der Waals surface area contributed by atoms with Gasteiger partial charge in [0.2, 0.25) is 5.91 Å². The van der Waals surface area contributed by atoms with E-state index in [1.54, 1.807) is 37.8 Å². The van der Waals surface area contributed by atoms with Gasteiger partial charge in [-0.2, -0.15) is 0 Å². The quantitative estimate of drug-likeness (QED) is 0.641. The van der Waals surface area contributed by atoms with Crippen LogP contribution in [0.4, 0.5) is 0 Å². The average Bonchev–Trinajstić information content (AvgIpc) is 3.16. The predicted molar refractivity (Wildman–Crippen MR) is 93.6 cm³/mol. The smallest absolute Gasteiger partial charge is 0.220 e. The molecule has 2 N–H and O–H groups in total. The lowest BCUT2D eigenvalue weighted by atomic mass is 10.0. The third-order valence-electron chi connectivity index (χ3n) is 3.92. The number of aromatic nitrogens is 2. The molecule has 0 bridgehead atoms. The van der Waals surface area contributed by atoms with Crippen molar-refractivity contribution in [3.8, 4) is 11.5 Å². The van der Waals surface area contributed by atoms with Crippen LogP contribution in [0.25, 0.3) is 0 Å². The van der Waals surface area contributed by atoms with Crippen LogP contribution in [0.5, 0.6) is 11.5 Å². The van der Waals surface area contributed by atoms with E-state index in [1.807, 2.05) is 10.8 Å². The molecule has 0 aliphatic heterocycles. The average molecular weight is 347 g/mol. The second-order valence-corrected chi connectivity index (χ2v) is 5.67. The number of aliphatic hydroxyl groups excluding tert-OH is 1. The largest absolute Gasteiger partial charge is 0.497 e. The normalized spacial score (nSPS) is 11.8. The number of hydrogen-bond donors (Lipinski definition) is 2. The third-order valence-corrected chi connectivity index (χ3v) is 3.92. The van der Waals surface area contributed by atoms with E-state index in [-0.39, 0.29) is 12.3 Å². The van der Waals surface area contributed by atoms with E-state index in [2.05, 4.69) is 10.3 Å². The van der Waals surface area contributed by atoms with E-state index in [1.165, 1.54) is 7.11 Å². The topological polar surface area (TPSA) is 85.6 Å². The van der Waals surface area contributed by atoms with E-state index in [4.69, 9.17) is 9.47 Å². The fourth-order valence-electron chi connectivity index (χ4n) is 2.51. The molecule has 7 heteroatoms. The number of hydrogen-bond acceptors (Lipinski definition) is 5. The maximum atomic E-state index is 11.9. The zero-order valence-corrected chi connectivity index (χ0v) is 14.6. The molecule has 1 unspecified atom stereocenters. The second kappa shape index (κ2) is 9.68. The summed E-state index contributed by atoms with van der Waals surface area (Å²) >= 11 is 0. The van der Waals surface area contributed by atoms with Crippen molar-refractivity contribution in [2.45, 2.75) is 31.9 Å². The Hall–Kier alpha value is -2.54. The van der Waals surface area contributed by atoms with Crippen molar-refractivity contribution in [1.82, 2.24) is 14.9 Å². The van der Waals surface area contributed by atoms with E-state index in [9.17, 15) is 9.90 Å². The number of benzene rings is 1. The number of carbonyl (C=O) groups excluding carboxylic acids is 1. The molecule has 0 saturated carbocycles. The lowest BCUT2D eigenvalue weighted by molar-refractivity contribution is -0.121. The Morgan fingerprint density at radius 2 is 2.20 bits per heavy atom. The molecule has 1 atom stereocenters. The van der Waals surface area contributed by atoms with E-state index < -0.39 is 6.10 Å². The van der Waals surface area contributed by atoms with Crippen molar-refractivity contribution < 1.29 is 19.4 Å². The highest BCUT2D eigenvalue weighted by Crippen LogP contribution is 2.31. The Balaban J connectivity index is 1.73. The molecular weight excluding hydrogens is 322 g/mol. The van der Waals surface area contributed by atoms with Gasteiger partial charge in [0, 0.05) is 43.5 Å². The minimum Gasteiger partial charge on any atom is -0.497 e. The van der Waals surface area contributed by atoms with Crippen molar-refractivity contribution in [2.24, 2.45) is 0 Å². The zero-order chi connectivity index (χ0) is 18.1. The van der Waals surface area contributed by atoms with Crippen LogP contribution >= 0.6 is 0 Å². The molecule has 1 aromatic heterocycles. The van der Waals surface area contributed by atoms with Gasteiger partial charge >= 0.3 is 0 Å². The maximum Gasteiger partial charge on any atom is 0.220 e. The summed E-state index contributed by atoms with van der Waals surface area (Å²) in [6, 6.07) is 5.23. The van der Waals surface area contributed by atoms with Gasteiger partial charge in [-0.3, -0.25) is 4.79 Å². The maximum absolute atomic E-state index is 11.9. The number of amides is 1. The number of nitrogens with zero attached hydrogens (tertiary/aromatic N) is 2. The van der Waals surface area contributed by atoms with Crippen molar-refractivity contribution in [3.05, 3.63) is 42.5 Å². The summed E-state index contributed by atoms with van der Waals surface area (Å²) in [4.78, 5) is 15.9. The molecule has 0 fully saturated rings. The minimum atomic E-state index is -0.766. The van der Waals surface area contributed by atoms with Crippen molar-refractivity contribution in [3.63, 3.8) is 0 Å². The minimum absolute atomic E-state index is 0.0721. The Bertz CT molecular complexity index is 658. The molecular formula is C18H25N3O4. The SMILES string of the molecule is COc1ccc(C(O)CCC(=O)NCCCn2ccnc2)c(OC)c1. The monoisotopic (exact) mass is 347 g/mol. The van der Waals surface area contributed by atoms with Crippen LogP contribution in [0.1, 0.15) is 30.9 Å². The number of carbonyl (C=O) groups is 1. The molecule has 0 saturated heterocycles. The van der Waals surface area contributed by atoms with Gasteiger partial charge in [0.1, 0.15) is 11.5 Å². The summed E-state index contributed by atoms with van der Waals surface area (Å²) in [5.74, 6) is 1.13. The number of methoxy groups -OCH3 is 2. The highest BCUT2D eigenvalue weighted by molar-refractivity contribution is 5.75. The summed E-state index contributed by atoms with van der Waals surface area (Å²) in [5.41, 5.74) is 0.649. The van der Waals surface area contributed by atoms with Crippen LogP contribution in [-0.2, 0) is 11.3 Å². The molecule has 0 aliphatic rings. The summed E-state index contributed by atoms with van der Waals surface area (Å²) in [6.45, 7) is 1.41. The molecule has 0 aliphatic carbocycles. The summed E-state index contributed by atoms with van der Waals surface area (Å²) in [6.07, 6.45) is 6.01. The fourth-order valence-corrected chi connectivity index (χ4v) is 2.51. The van der Waals surface area contributed by atoms with Crippen molar-refractivity contribution in [2.75, 3.05) is 20.8 Å². The standard InChI is InChI=1S/C18H25N3O4/c1-24-14-4-5-15(17(12-14)25-2)16(22)6-7-18(23)20-8-3-10-21-11-9-19-13-21/h4-5,9,11-13,16,22H,3,6-8,10H2,1-2H3,(H,20,23). The lowest BCUT2D eigenvalue weighted by Crippen LogP contribution is -2.25. The van der Waals surface area contributed by atoms with Crippen LogP contribution < -0.4 is 14.8 Å². The molecule has 1 aromatic carbocycles. The Morgan fingerprint density at radius 1 is 1.36 bits per heavy atom. The molecule has 0 radical (unpaired) electrons. The fraction of sp³-hybridized carbons (Fsp3) is 0.444. The van der Waals surface area contributed by atoms with Gasteiger partial charge in [0.25, 0.3) is 0 Å². The van der Waals surface area contributed by atoms with Gasteiger partial charge in [-0.15, -0.1) is 0 Å². The highest BCUT2D eigenvalue weighted by atomic mass is 16.5. The van der Waals surface area contributed by atoms with E-state index >= 15 is 0 Å². The van der Waals surface area contributed by atoms with Gasteiger partial charge < -0.3 is 24.5 Å². The van der Waals surface area contributed by atoms with Crippen molar-refractivity contribution in [1.29, 1.82) is 0 Å². The van der Waals surface area contributed by atoms with Crippen LogP contribution in [0, 0.1) is 0 Å². The van der Waals surface area contributed by atoms with Crippen LogP contribution in [0.15, 0.2) is 36.9 Å². The summed E-state index contributed by atoms with van der Waals surface area (Å²) in [5, 5.41) is 13.2. The van der Waals surface area contributed by atoms with Gasteiger partial charge in [-0.05, 0) is 25.0 Å². The highest BCUT2D eigenvalue weighted by Gasteiger charge is 2.15. The summed E-state index contributed by atoms with van der Waals surface area (Å²) in [7, 11) is 3.11. The Kier molecular flexibility index (Phi) is 7.28. The van der Waals surface area contributed by atoms with Gasteiger partial charge in [-0.1, -0.05) is 0 Å². The first-order valence-corrected chi connectivity index (χ1v) is 8.26. The first-order chi connectivity index (χ1) is 12.1. The van der Waals surface area contributed by atoms with Gasteiger partial charge in [-0.25, -0.2) is 4.98 Å². The molecule has 0 spiro atoms. The number of aliphatic hydroxyl groups is 1. The molecule has 2 aromatic rings. The third kappa shape index (κ3) is 5.79. The number of nitrogens with one attached hydrogen (secondary N) is 1. The number of imidazole rings is 1. The van der Waals surface area contributed by atoms with E-state index in [0.29, 0.717) is 30.0 Å². The van der Waals surface area contributed by atoms with Crippen LogP contribution in [0.2, 0.25) is 0 Å². The predicted octanol–water partition coefficient (Wildman–Crippen LogP) is 1.92. The number of ether oxygens (including phenoxy) is 2. The Morgan fingerprint density at radius 3 is 2.88 bits per heavy atom. The molecule has 136 valence electrons. The Labute approximate surface area is 147 Å². The molecule has 1 heterocycles. The first kappa shape index (κ1) is 18.8. The lowest BCUT2D eigenvalue weighted by Gasteiger charge is -2.15. The molecule has 2 rings (SSSR count). The van der Waals surface area contributed by atoms with Crippen LogP contribution in [-0.4, -0.2) is 41.3 Å². The van der Waals surface area contributed by atoms with Crippen molar-refractivity contribution >= 4 is 5.91 Å². The molecule has 25 heavy (non-hydrogen) atoms. The number of aryl methyl sites for hydroxylation is 1. The van der Waals surface area contributed by atoms with E-state index in [0.717, 1.165) is 13.0 Å². The van der Waals surface area contributed by atoms with Gasteiger partial charge in [0.05, 0.1) is 26.7 Å². The number of rotatable bonds is 10. The van der Waals surface area contributed by atoms with Gasteiger partial charge in [0.15, 0.2) is 0 Å².